The number of imidazole rings is 1. The van der Waals surface area contributed by atoms with Crippen LogP contribution in [0.5, 0.6) is 0 Å². The number of hydrogen-bond acceptors (Lipinski definition) is 16. The normalized spacial score (nSPS) is 14.8. The van der Waals surface area contributed by atoms with Crippen LogP contribution in [0.3, 0.4) is 0 Å². The van der Waals surface area contributed by atoms with Gasteiger partial charge in [0.2, 0.25) is 47.3 Å². The fourth-order valence-corrected chi connectivity index (χ4v) is 6.90. The van der Waals surface area contributed by atoms with Gasteiger partial charge >= 0.3 is 23.9 Å². The summed E-state index contributed by atoms with van der Waals surface area (Å²) < 4.78 is 0. The summed E-state index contributed by atoms with van der Waals surface area (Å²) in [7, 11) is 0. The molecule has 29 nitrogen and oxygen atoms in total. The molecule has 1 aromatic rings. The van der Waals surface area contributed by atoms with Crippen LogP contribution in [0, 0.1) is 11.8 Å². The lowest BCUT2D eigenvalue weighted by molar-refractivity contribution is -0.144. The first-order chi connectivity index (χ1) is 34.2. The summed E-state index contributed by atoms with van der Waals surface area (Å²) in [4.78, 5) is 162. The zero-order valence-electron chi connectivity index (χ0n) is 41.4. The van der Waals surface area contributed by atoms with Gasteiger partial charge in [-0.25, -0.2) is 9.78 Å². The Labute approximate surface area is 420 Å². The van der Waals surface area contributed by atoms with E-state index in [2.05, 4.69) is 47.2 Å². The van der Waals surface area contributed by atoms with Gasteiger partial charge in [-0.15, -0.1) is 0 Å². The van der Waals surface area contributed by atoms with Gasteiger partial charge in [0.15, 0.2) is 0 Å². The van der Waals surface area contributed by atoms with Crippen molar-refractivity contribution in [1.82, 2.24) is 52.5 Å². The Balaban J connectivity index is 3.41. The summed E-state index contributed by atoms with van der Waals surface area (Å²) in [5.74, 6) is -15.8. The molecule has 0 aliphatic carbocycles. The average molecular weight is 1040 g/mol. The fourth-order valence-electron chi connectivity index (χ4n) is 6.90. The van der Waals surface area contributed by atoms with Crippen molar-refractivity contribution in [3.05, 3.63) is 18.2 Å². The molecule has 0 saturated heterocycles. The summed E-state index contributed by atoms with van der Waals surface area (Å²) in [5.41, 5.74) is 12.1. The number of nitrogens with zero attached hydrogens (tertiary/aromatic N) is 1. The molecule has 0 bridgehead atoms. The number of nitrogens with two attached hydrogens (primary N) is 2. The van der Waals surface area contributed by atoms with Crippen LogP contribution >= 0.6 is 0 Å². The molecule has 73 heavy (non-hydrogen) atoms. The van der Waals surface area contributed by atoms with Crippen LogP contribution in [0.15, 0.2) is 12.5 Å². The van der Waals surface area contributed by atoms with Crippen molar-refractivity contribution in [2.24, 2.45) is 23.3 Å². The Kier molecular flexibility index (Phi) is 28.5. The first kappa shape index (κ1) is 63.7. The van der Waals surface area contributed by atoms with Crippen LogP contribution < -0.4 is 54.0 Å². The van der Waals surface area contributed by atoms with E-state index in [9.17, 15) is 83.1 Å². The zero-order valence-corrected chi connectivity index (χ0v) is 41.4. The highest BCUT2D eigenvalue weighted by Crippen LogP contribution is 2.12. The molecular weight excluding hydrogens is 969 g/mol. The van der Waals surface area contributed by atoms with Crippen molar-refractivity contribution in [3.8, 4) is 0 Å². The van der Waals surface area contributed by atoms with Gasteiger partial charge in [-0.3, -0.25) is 52.7 Å². The molecule has 29 heteroatoms. The lowest BCUT2D eigenvalue weighted by Gasteiger charge is -2.29. The van der Waals surface area contributed by atoms with Crippen LogP contribution in [0.25, 0.3) is 0 Å². The number of rotatable bonds is 36. The van der Waals surface area contributed by atoms with Crippen molar-refractivity contribution < 1.29 is 83.1 Å². The van der Waals surface area contributed by atoms with Gasteiger partial charge in [0.25, 0.3) is 0 Å². The number of aliphatic carboxylic acids is 4. The fraction of sp³-hybridized carbons (Fsp3) is 0.659. The third-order valence-electron chi connectivity index (χ3n) is 10.8. The van der Waals surface area contributed by atoms with Gasteiger partial charge in [-0.2, -0.15) is 0 Å². The van der Waals surface area contributed by atoms with Gasteiger partial charge in [0.1, 0.15) is 48.3 Å². The van der Waals surface area contributed by atoms with Gasteiger partial charge in [-0.1, -0.05) is 47.5 Å². The SMILES string of the molecule is CCCC[C@H](NC(=O)[C@H](CC(=O)O)NC(=O)[C@@H](N)Cc1cnc[nH]1)C(=O)N[C@@H](CC(=O)O)C(=O)N[C@@H](CCCCN)C(=O)N[C@H](C(=O)N[C@@H](CC(C)C)C(=O)N[C@@H](CC(=O)O)C(=O)N[C@@H](CO)C(=O)O)C(C)C. The van der Waals surface area contributed by atoms with Crippen molar-refractivity contribution in [1.29, 1.82) is 0 Å². The smallest absolute Gasteiger partial charge is 0.328 e. The number of carboxylic acids is 4. The third kappa shape index (κ3) is 24.1. The highest BCUT2D eigenvalue weighted by Gasteiger charge is 2.37. The molecule has 8 amide bonds. The van der Waals surface area contributed by atoms with Crippen molar-refractivity contribution in [2.45, 2.75) is 160 Å². The minimum Gasteiger partial charge on any atom is -0.481 e. The van der Waals surface area contributed by atoms with E-state index in [0.29, 0.717) is 25.0 Å². The number of aromatic amines is 1. The van der Waals surface area contributed by atoms with Crippen LogP contribution in [0.4, 0.5) is 0 Å². The van der Waals surface area contributed by atoms with E-state index in [4.69, 9.17) is 11.5 Å². The third-order valence-corrected chi connectivity index (χ3v) is 10.8. The molecule has 0 fully saturated rings. The van der Waals surface area contributed by atoms with Crippen LogP contribution in [0.2, 0.25) is 0 Å². The highest BCUT2D eigenvalue weighted by molar-refractivity contribution is 5.99. The summed E-state index contributed by atoms with van der Waals surface area (Å²) in [6.07, 6.45) is 0.711. The molecule has 1 rings (SSSR count). The maximum absolute atomic E-state index is 14.0. The minimum absolute atomic E-state index is 0.0539. The van der Waals surface area contributed by atoms with Crippen molar-refractivity contribution in [3.63, 3.8) is 0 Å². The highest BCUT2D eigenvalue weighted by atomic mass is 16.4. The van der Waals surface area contributed by atoms with E-state index in [-0.39, 0.29) is 44.6 Å². The molecule has 0 radical (unpaired) electrons. The molecule has 410 valence electrons. The van der Waals surface area contributed by atoms with Gasteiger partial charge < -0.3 is 84.5 Å². The molecule has 0 spiro atoms. The summed E-state index contributed by atoms with van der Waals surface area (Å²) in [5, 5.41) is 65.8. The molecule has 1 aromatic heterocycles. The molecule has 0 aliphatic heterocycles. The Morgan fingerprint density at radius 3 is 1.37 bits per heavy atom. The minimum atomic E-state index is -1.89. The van der Waals surface area contributed by atoms with Crippen LogP contribution in [0.1, 0.15) is 105 Å². The Bertz CT molecular complexity index is 2050. The number of hydrogen-bond donors (Lipinski definition) is 16. The van der Waals surface area contributed by atoms with Crippen LogP contribution in [-0.2, 0) is 64.0 Å². The largest absolute Gasteiger partial charge is 0.481 e. The number of aliphatic hydroxyl groups is 1. The predicted molar refractivity (Wildman–Crippen MR) is 254 cm³/mol. The van der Waals surface area contributed by atoms with Crippen molar-refractivity contribution in [2.75, 3.05) is 13.2 Å². The maximum atomic E-state index is 14.0. The molecule has 9 atom stereocenters. The standard InChI is InChI=1S/C44H72N12O17/c1-6-7-10-25(49-40(68)28(15-32(58)59)51-36(64)24(46)14-23-18-47-20-48-23)37(65)52-29(16-33(60)61)41(69)50-26(11-8-9-12-45)38(66)56-35(22(4)5)43(71)54-27(13-21(2)3)39(67)53-30(17-34(62)63)42(70)55-31(19-57)44(72)73/h18,20-22,24-31,35,57H,6-17,19,45-46H2,1-5H3,(H,47,48)(H,49,68)(H,50,69)(H,51,64)(H,52,65)(H,53,67)(H,54,71)(H,55,70)(H,56,66)(H,58,59)(H,60,61)(H,62,63)(H,72,73)/t24-,25-,26-,27-,28-,29-,30-,31-,35-/m0/s1. The number of unbranched alkanes of at least 4 members (excludes halogenated alkanes) is 2. The Hall–Kier alpha value is -7.27. The van der Waals surface area contributed by atoms with E-state index in [1.54, 1.807) is 20.8 Å². The quantitative estimate of drug-likeness (QED) is 0.0283. The van der Waals surface area contributed by atoms with Crippen molar-refractivity contribution >= 4 is 71.1 Å². The first-order valence-electron chi connectivity index (χ1n) is 23.6. The molecule has 0 aromatic carbocycles. The Morgan fingerprint density at radius 1 is 0.562 bits per heavy atom. The van der Waals surface area contributed by atoms with E-state index in [1.807, 2.05) is 5.32 Å². The number of carboxylic acid groups (broad SMARTS) is 4. The molecule has 0 unspecified atom stereocenters. The first-order valence-corrected chi connectivity index (χ1v) is 23.6. The number of carbonyl (C=O) groups is 12. The number of aromatic nitrogens is 2. The average Bonchev–Trinajstić information content (AvgIpc) is 3.81. The molecule has 1 heterocycles. The molecule has 0 aliphatic rings. The second kappa shape index (κ2) is 32.7. The van der Waals surface area contributed by atoms with Gasteiger partial charge in [-0.05, 0) is 50.5 Å². The van der Waals surface area contributed by atoms with Gasteiger partial charge in [0, 0.05) is 18.3 Å². The molecule has 18 N–H and O–H groups in total. The lowest BCUT2D eigenvalue weighted by Crippen LogP contribution is -2.61. The van der Waals surface area contributed by atoms with E-state index in [0.717, 1.165) is 0 Å². The summed E-state index contributed by atoms with van der Waals surface area (Å²) in [6, 6.07) is -14.5. The lowest BCUT2D eigenvalue weighted by atomic mass is 9.98. The van der Waals surface area contributed by atoms with E-state index in [1.165, 1.54) is 26.4 Å². The Morgan fingerprint density at radius 2 is 0.973 bits per heavy atom. The van der Waals surface area contributed by atoms with E-state index < -0.39 is 157 Å². The number of aliphatic hydroxyl groups excluding tert-OH is 1. The maximum Gasteiger partial charge on any atom is 0.328 e. The summed E-state index contributed by atoms with van der Waals surface area (Å²) >= 11 is 0. The predicted octanol–water partition coefficient (Wildman–Crippen LogP) is -4.32. The number of nitrogens with one attached hydrogen (secondary N) is 9. The molecule has 0 saturated carbocycles. The van der Waals surface area contributed by atoms with E-state index >= 15 is 0 Å². The monoisotopic (exact) mass is 1040 g/mol. The zero-order chi connectivity index (χ0) is 55.5. The summed E-state index contributed by atoms with van der Waals surface area (Å²) in [6.45, 7) is 7.25. The number of H-pyrrole nitrogens is 1. The second-order valence-corrected chi connectivity index (χ2v) is 17.9. The van der Waals surface area contributed by atoms with Crippen LogP contribution in [-0.4, -0.2) is 174 Å². The molecular formula is C44H72N12O17. The topological polar surface area (TPSA) is 483 Å². The number of amides is 8. The second-order valence-electron chi connectivity index (χ2n) is 17.9. The van der Waals surface area contributed by atoms with Gasteiger partial charge in [0.05, 0.1) is 38.2 Å². The number of carbonyl (C=O) groups excluding carboxylic acids is 8.